The van der Waals surface area contributed by atoms with E-state index in [1.807, 2.05) is 6.20 Å². The van der Waals surface area contributed by atoms with Crippen molar-refractivity contribution in [3.63, 3.8) is 0 Å². The standard InChI is InChI=1S/C22H33N5OS/c1-4-19-14-24-21(29-19)16-26-22(23-5-2)25-15-20(27-10-12-28-13-11-27)18-8-6-17(3)7-9-18/h6-9,14,20H,4-5,10-13,15-16H2,1-3H3,(H2,23,25,26). The minimum Gasteiger partial charge on any atom is -0.379 e. The summed E-state index contributed by atoms with van der Waals surface area (Å²) in [5.41, 5.74) is 2.61. The third-order valence-corrected chi connectivity index (χ3v) is 6.20. The van der Waals surface area contributed by atoms with Crippen LogP contribution in [0.2, 0.25) is 0 Å². The number of nitrogens with one attached hydrogen (secondary N) is 2. The van der Waals surface area contributed by atoms with E-state index in [9.17, 15) is 0 Å². The van der Waals surface area contributed by atoms with Crippen molar-refractivity contribution in [1.82, 2.24) is 20.5 Å². The third kappa shape index (κ3) is 6.52. The van der Waals surface area contributed by atoms with Crippen molar-refractivity contribution in [3.05, 3.63) is 51.5 Å². The molecule has 0 amide bonds. The van der Waals surface area contributed by atoms with E-state index in [0.717, 1.165) is 56.8 Å². The molecule has 1 aliphatic heterocycles. The largest absolute Gasteiger partial charge is 0.379 e. The molecule has 0 spiro atoms. The van der Waals surface area contributed by atoms with E-state index in [2.05, 4.69) is 65.6 Å². The van der Waals surface area contributed by atoms with E-state index >= 15 is 0 Å². The van der Waals surface area contributed by atoms with Gasteiger partial charge in [-0.2, -0.15) is 0 Å². The number of aromatic nitrogens is 1. The fraction of sp³-hybridized carbons (Fsp3) is 0.545. The van der Waals surface area contributed by atoms with Crippen molar-refractivity contribution in [2.45, 2.75) is 39.8 Å². The molecule has 2 heterocycles. The van der Waals surface area contributed by atoms with Crippen molar-refractivity contribution < 1.29 is 4.74 Å². The Morgan fingerprint density at radius 1 is 1.21 bits per heavy atom. The summed E-state index contributed by atoms with van der Waals surface area (Å²) in [6.07, 6.45) is 2.99. The fourth-order valence-corrected chi connectivity index (χ4v) is 4.19. The molecular formula is C22H33N5OS. The van der Waals surface area contributed by atoms with Crippen molar-refractivity contribution in [1.29, 1.82) is 0 Å². The Labute approximate surface area is 178 Å². The molecule has 7 heteroatoms. The number of hydrogen-bond donors (Lipinski definition) is 2. The van der Waals surface area contributed by atoms with E-state index in [0.29, 0.717) is 6.54 Å². The van der Waals surface area contributed by atoms with Crippen LogP contribution in [0.15, 0.2) is 35.5 Å². The van der Waals surface area contributed by atoms with E-state index in [1.54, 1.807) is 11.3 Å². The molecular weight excluding hydrogens is 382 g/mol. The molecule has 0 aliphatic carbocycles. The van der Waals surface area contributed by atoms with Crippen molar-refractivity contribution >= 4 is 17.3 Å². The molecule has 0 bridgehead atoms. The summed E-state index contributed by atoms with van der Waals surface area (Å²) in [4.78, 5) is 13.0. The molecule has 29 heavy (non-hydrogen) atoms. The van der Waals surface area contributed by atoms with Gasteiger partial charge in [0.05, 0.1) is 25.8 Å². The maximum absolute atomic E-state index is 5.56. The van der Waals surface area contributed by atoms with Crippen LogP contribution in [0.4, 0.5) is 0 Å². The summed E-state index contributed by atoms with van der Waals surface area (Å²) in [5.74, 6) is 0.839. The van der Waals surface area contributed by atoms with E-state index < -0.39 is 0 Å². The minimum atomic E-state index is 0.287. The van der Waals surface area contributed by atoms with Crippen LogP contribution >= 0.6 is 11.3 Å². The van der Waals surface area contributed by atoms with Crippen LogP contribution in [0.25, 0.3) is 0 Å². The number of nitrogens with zero attached hydrogens (tertiary/aromatic N) is 3. The van der Waals surface area contributed by atoms with Gasteiger partial charge in [-0.05, 0) is 25.8 Å². The topological polar surface area (TPSA) is 61.8 Å². The van der Waals surface area contributed by atoms with Crippen LogP contribution in [-0.2, 0) is 17.7 Å². The highest BCUT2D eigenvalue weighted by Crippen LogP contribution is 2.22. The van der Waals surface area contributed by atoms with Crippen molar-refractivity contribution in [3.8, 4) is 0 Å². The Morgan fingerprint density at radius 2 is 1.97 bits per heavy atom. The predicted molar refractivity (Wildman–Crippen MR) is 121 cm³/mol. The minimum absolute atomic E-state index is 0.287. The Bertz CT molecular complexity index is 768. The molecule has 1 aliphatic rings. The number of benzene rings is 1. The van der Waals surface area contributed by atoms with Gasteiger partial charge >= 0.3 is 0 Å². The molecule has 1 aromatic carbocycles. The molecule has 2 N–H and O–H groups in total. The smallest absolute Gasteiger partial charge is 0.191 e. The summed E-state index contributed by atoms with van der Waals surface area (Å²) in [6.45, 7) is 12.1. The number of aryl methyl sites for hydroxylation is 2. The highest BCUT2D eigenvalue weighted by Gasteiger charge is 2.22. The summed E-state index contributed by atoms with van der Waals surface area (Å²) in [5, 5.41) is 7.98. The molecule has 3 rings (SSSR count). The molecule has 158 valence electrons. The zero-order valence-corrected chi connectivity index (χ0v) is 18.6. The van der Waals surface area contributed by atoms with Crippen LogP contribution in [0.1, 0.15) is 40.9 Å². The first-order valence-corrected chi connectivity index (χ1v) is 11.3. The highest BCUT2D eigenvalue weighted by atomic mass is 32.1. The molecule has 1 aromatic heterocycles. The van der Waals surface area contributed by atoms with Gasteiger partial charge in [-0.15, -0.1) is 11.3 Å². The van der Waals surface area contributed by atoms with Crippen molar-refractivity contribution in [2.75, 3.05) is 39.4 Å². The third-order valence-electron chi connectivity index (χ3n) is 5.08. The van der Waals surface area contributed by atoms with Gasteiger partial charge in [0.15, 0.2) is 5.96 Å². The van der Waals surface area contributed by atoms with Gasteiger partial charge in [0, 0.05) is 37.3 Å². The van der Waals surface area contributed by atoms with Gasteiger partial charge in [0.25, 0.3) is 0 Å². The summed E-state index contributed by atoms with van der Waals surface area (Å²) in [6, 6.07) is 9.15. The summed E-state index contributed by atoms with van der Waals surface area (Å²) in [7, 11) is 0. The van der Waals surface area contributed by atoms with Gasteiger partial charge in [-0.3, -0.25) is 4.90 Å². The highest BCUT2D eigenvalue weighted by molar-refractivity contribution is 7.11. The number of rotatable bonds is 8. The summed E-state index contributed by atoms with van der Waals surface area (Å²) >= 11 is 1.74. The van der Waals surface area contributed by atoms with Crippen molar-refractivity contribution in [2.24, 2.45) is 4.99 Å². The summed E-state index contributed by atoms with van der Waals surface area (Å²) < 4.78 is 5.56. The quantitative estimate of drug-likeness (QED) is 0.512. The van der Waals surface area contributed by atoms with Crippen LogP contribution in [0, 0.1) is 6.92 Å². The first-order chi connectivity index (χ1) is 14.2. The lowest BCUT2D eigenvalue weighted by molar-refractivity contribution is 0.0170. The second-order valence-electron chi connectivity index (χ2n) is 7.22. The Hall–Kier alpha value is -1.96. The normalized spacial score (nSPS) is 16.6. The number of morpholine rings is 1. The van der Waals surface area contributed by atoms with Crippen LogP contribution in [0.5, 0.6) is 0 Å². The zero-order valence-electron chi connectivity index (χ0n) is 17.8. The first-order valence-electron chi connectivity index (χ1n) is 10.5. The molecule has 1 fully saturated rings. The molecule has 1 atom stereocenters. The lowest BCUT2D eigenvalue weighted by Gasteiger charge is -2.35. The number of thiazole rings is 1. The maximum Gasteiger partial charge on any atom is 0.191 e. The molecule has 1 saturated heterocycles. The number of hydrogen-bond acceptors (Lipinski definition) is 5. The number of aliphatic imine (C=N–C) groups is 1. The molecule has 1 unspecified atom stereocenters. The second-order valence-corrected chi connectivity index (χ2v) is 8.42. The van der Waals surface area contributed by atoms with Crippen LogP contribution < -0.4 is 10.6 Å². The predicted octanol–water partition coefficient (Wildman–Crippen LogP) is 3.14. The average Bonchev–Trinajstić information content (AvgIpc) is 3.22. The molecule has 0 saturated carbocycles. The lowest BCUT2D eigenvalue weighted by atomic mass is 10.0. The monoisotopic (exact) mass is 415 g/mol. The Morgan fingerprint density at radius 3 is 2.62 bits per heavy atom. The van der Waals surface area contributed by atoms with Gasteiger partial charge in [0.1, 0.15) is 5.01 Å². The number of ether oxygens (including phenoxy) is 1. The number of guanidine groups is 1. The van der Waals surface area contributed by atoms with Crippen LogP contribution in [0.3, 0.4) is 0 Å². The van der Waals surface area contributed by atoms with E-state index in [-0.39, 0.29) is 6.04 Å². The molecule has 2 aromatic rings. The Kier molecular flexibility index (Phi) is 8.46. The average molecular weight is 416 g/mol. The second kappa shape index (κ2) is 11.3. The lowest BCUT2D eigenvalue weighted by Crippen LogP contribution is -2.46. The Balaban J connectivity index is 1.68. The first kappa shape index (κ1) is 21.7. The molecule has 6 nitrogen and oxygen atoms in total. The van der Waals surface area contributed by atoms with Gasteiger partial charge in [-0.1, -0.05) is 36.8 Å². The van der Waals surface area contributed by atoms with Gasteiger partial charge in [-0.25, -0.2) is 9.98 Å². The van der Waals surface area contributed by atoms with Gasteiger partial charge in [0.2, 0.25) is 0 Å². The van der Waals surface area contributed by atoms with E-state index in [4.69, 9.17) is 9.73 Å². The maximum atomic E-state index is 5.56. The molecule has 0 radical (unpaired) electrons. The fourth-order valence-electron chi connectivity index (χ4n) is 3.40. The van der Waals surface area contributed by atoms with E-state index in [1.165, 1.54) is 16.0 Å². The zero-order chi connectivity index (χ0) is 20.5. The van der Waals surface area contributed by atoms with Gasteiger partial charge < -0.3 is 15.4 Å². The SMILES string of the molecule is CCNC(=NCc1ncc(CC)s1)NCC(c1ccc(C)cc1)N1CCOCC1. The van der Waals surface area contributed by atoms with Crippen LogP contribution in [-0.4, -0.2) is 55.2 Å².